The summed E-state index contributed by atoms with van der Waals surface area (Å²) in [5, 5.41) is 1.87. The maximum Gasteiger partial charge on any atom is 0.255 e. The van der Waals surface area contributed by atoms with Crippen molar-refractivity contribution in [2.45, 2.75) is 58.1 Å². The van der Waals surface area contributed by atoms with E-state index in [-0.39, 0.29) is 23.1 Å². The van der Waals surface area contributed by atoms with Gasteiger partial charge in [-0.3, -0.25) is 4.79 Å². The van der Waals surface area contributed by atoms with Crippen molar-refractivity contribution in [2.75, 3.05) is 13.2 Å². The van der Waals surface area contributed by atoms with Gasteiger partial charge in [-0.1, -0.05) is 18.5 Å². The molecule has 1 saturated carbocycles. The molecule has 0 unspecified atom stereocenters. The molecule has 1 heterocycles. The largest absolute Gasteiger partial charge is 0.489 e. The monoisotopic (exact) mass is 392 g/mol. The average molecular weight is 393 g/mol. The number of hydrogen-bond acceptors (Lipinski definition) is 4. The molecule has 0 spiro atoms. The summed E-state index contributed by atoms with van der Waals surface area (Å²) in [6, 6.07) is 5.53. The molecule has 1 fully saturated rings. The Morgan fingerprint density at radius 2 is 2.07 bits per heavy atom. The van der Waals surface area contributed by atoms with Crippen LogP contribution in [0.25, 0.3) is 10.8 Å². The predicted octanol–water partition coefficient (Wildman–Crippen LogP) is 4.26. The van der Waals surface area contributed by atoms with E-state index in [1.807, 2.05) is 19.1 Å². The molecule has 3 N–H and O–H groups in total. The average Bonchev–Trinajstić information content (AvgIpc) is 2.68. The van der Waals surface area contributed by atoms with Crippen molar-refractivity contribution in [3.05, 3.63) is 39.8 Å². The first kappa shape index (κ1) is 20.2. The van der Waals surface area contributed by atoms with Crippen molar-refractivity contribution >= 4 is 22.4 Å². The number of nitrogens with one attached hydrogen (secondary N) is 1. The molecule has 1 aromatic carbocycles. The van der Waals surface area contributed by atoms with Crippen molar-refractivity contribution in [1.29, 1.82) is 0 Å². The van der Waals surface area contributed by atoms with Crippen molar-refractivity contribution in [3.8, 4) is 5.75 Å². The highest BCUT2D eigenvalue weighted by atomic mass is 35.5. The summed E-state index contributed by atoms with van der Waals surface area (Å²) < 4.78 is 12.0. The van der Waals surface area contributed by atoms with E-state index in [9.17, 15) is 4.79 Å². The quantitative estimate of drug-likeness (QED) is 0.737. The first-order valence-electron chi connectivity index (χ1n) is 9.80. The van der Waals surface area contributed by atoms with Gasteiger partial charge >= 0.3 is 0 Å². The van der Waals surface area contributed by atoms with E-state index in [1.165, 1.54) is 0 Å². The van der Waals surface area contributed by atoms with Gasteiger partial charge in [-0.05, 0) is 62.6 Å². The minimum absolute atomic E-state index is 0.0328. The number of ether oxygens (including phenoxy) is 2. The molecule has 1 aromatic heterocycles. The van der Waals surface area contributed by atoms with E-state index in [0.29, 0.717) is 29.4 Å². The lowest BCUT2D eigenvalue weighted by atomic mass is 9.68. The molecule has 1 aliphatic carbocycles. The van der Waals surface area contributed by atoms with Gasteiger partial charge < -0.3 is 20.2 Å². The van der Waals surface area contributed by atoms with Gasteiger partial charge in [0.2, 0.25) is 0 Å². The molecular formula is C21H29ClN2O3. The Balaban J connectivity index is 1.72. The van der Waals surface area contributed by atoms with Crippen LogP contribution in [0.1, 0.15) is 46.0 Å². The van der Waals surface area contributed by atoms with Gasteiger partial charge in [0.25, 0.3) is 5.56 Å². The number of fused-ring (bicyclic) bond motifs is 1. The van der Waals surface area contributed by atoms with Gasteiger partial charge in [-0.15, -0.1) is 0 Å². The van der Waals surface area contributed by atoms with Crippen LogP contribution < -0.4 is 16.0 Å². The minimum atomic E-state index is -0.145. The van der Waals surface area contributed by atoms with Gasteiger partial charge in [-0.25, -0.2) is 0 Å². The third-order valence-electron chi connectivity index (χ3n) is 5.87. The standard InChI is InChI=1S/C21H29ClN2O3/c1-3-19(23)21(13-26-4-2)8-5-15(6-9-21)27-18-11-14-7-10-24-20(25)16(14)12-17(18)22/h7,10-12,15,19H,3-6,8-9,13,23H2,1-2H3,(H,24,25)/t15?,19-,21?/m1/s1. The van der Waals surface area contributed by atoms with Gasteiger partial charge in [0.05, 0.1) is 17.7 Å². The number of nitrogens with two attached hydrogens (primary N) is 1. The maximum atomic E-state index is 11.9. The maximum absolute atomic E-state index is 11.9. The van der Waals surface area contributed by atoms with E-state index in [4.69, 9.17) is 26.8 Å². The first-order valence-corrected chi connectivity index (χ1v) is 10.2. The van der Waals surface area contributed by atoms with E-state index in [0.717, 1.165) is 37.5 Å². The highest BCUT2D eigenvalue weighted by Gasteiger charge is 2.40. The van der Waals surface area contributed by atoms with Crippen molar-refractivity contribution in [2.24, 2.45) is 11.1 Å². The summed E-state index contributed by atoms with van der Waals surface area (Å²) >= 11 is 6.37. The Hall–Kier alpha value is -1.56. The lowest BCUT2D eigenvalue weighted by Gasteiger charge is -2.43. The zero-order valence-corrected chi connectivity index (χ0v) is 16.8. The zero-order chi connectivity index (χ0) is 19.4. The number of aromatic amines is 1. The first-order chi connectivity index (χ1) is 13.0. The molecule has 3 rings (SSSR count). The Morgan fingerprint density at radius 3 is 2.74 bits per heavy atom. The van der Waals surface area contributed by atoms with Crippen molar-refractivity contribution in [3.63, 3.8) is 0 Å². The fraction of sp³-hybridized carbons (Fsp3) is 0.571. The molecular weight excluding hydrogens is 364 g/mol. The molecule has 1 atom stereocenters. The van der Waals surface area contributed by atoms with Crippen LogP contribution in [-0.2, 0) is 4.74 Å². The molecule has 0 amide bonds. The normalized spacial score (nSPS) is 24.1. The topological polar surface area (TPSA) is 77.3 Å². The third kappa shape index (κ3) is 4.31. The number of hydrogen-bond donors (Lipinski definition) is 2. The van der Waals surface area contributed by atoms with Crippen LogP contribution in [0.2, 0.25) is 5.02 Å². The number of pyridine rings is 1. The van der Waals surface area contributed by atoms with Crippen molar-refractivity contribution < 1.29 is 9.47 Å². The van der Waals surface area contributed by atoms with Crippen LogP contribution in [-0.4, -0.2) is 30.3 Å². The van der Waals surface area contributed by atoms with Crippen LogP contribution in [0.5, 0.6) is 5.75 Å². The van der Waals surface area contributed by atoms with Crippen LogP contribution in [0.15, 0.2) is 29.2 Å². The van der Waals surface area contributed by atoms with Crippen LogP contribution >= 0.6 is 11.6 Å². The SMILES string of the molecule is CCOCC1([C@H](N)CC)CCC(Oc2cc3cc[nH]c(=O)c3cc2Cl)CC1. The Bertz CT molecular complexity index is 828. The van der Waals surface area contributed by atoms with Gasteiger partial charge in [-0.2, -0.15) is 0 Å². The Labute approximate surface area is 165 Å². The highest BCUT2D eigenvalue weighted by molar-refractivity contribution is 6.32. The second-order valence-electron chi connectivity index (χ2n) is 7.51. The lowest BCUT2D eigenvalue weighted by molar-refractivity contribution is -0.0163. The number of halogens is 1. The van der Waals surface area contributed by atoms with Crippen LogP contribution in [0.3, 0.4) is 0 Å². The summed E-state index contributed by atoms with van der Waals surface area (Å²) in [7, 11) is 0. The van der Waals surface area contributed by atoms with Gasteiger partial charge in [0.1, 0.15) is 5.75 Å². The second-order valence-corrected chi connectivity index (χ2v) is 7.92. The molecule has 0 bridgehead atoms. The van der Waals surface area contributed by atoms with E-state index >= 15 is 0 Å². The van der Waals surface area contributed by atoms with Crippen molar-refractivity contribution in [1.82, 2.24) is 4.98 Å². The molecule has 148 valence electrons. The van der Waals surface area contributed by atoms with E-state index in [2.05, 4.69) is 11.9 Å². The summed E-state index contributed by atoms with van der Waals surface area (Å²) in [5.41, 5.74) is 6.33. The number of benzene rings is 1. The number of H-pyrrole nitrogens is 1. The Kier molecular flexibility index (Phi) is 6.45. The Morgan fingerprint density at radius 1 is 1.33 bits per heavy atom. The molecule has 0 saturated heterocycles. The van der Waals surface area contributed by atoms with Crippen LogP contribution in [0.4, 0.5) is 0 Å². The zero-order valence-electron chi connectivity index (χ0n) is 16.1. The highest BCUT2D eigenvalue weighted by Crippen LogP contribution is 2.42. The molecule has 0 radical (unpaired) electrons. The van der Waals surface area contributed by atoms with Crippen LogP contribution in [0, 0.1) is 5.41 Å². The summed E-state index contributed by atoms with van der Waals surface area (Å²) in [5.74, 6) is 0.636. The van der Waals surface area contributed by atoms with E-state index < -0.39 is 0 Å². The van der Waals surface area contributed by atoms with Gasteiger partial charge in [0, 0.05) is 29.6 Å². The smallest absolute Gasteiger partial charge is 0.255 e. The van der Waals surface area contributed by atoms with Gasteiger partial charge in [0.15, 0.2) is 0 Å². The number of rotatable bonds is 7. The third-order valence-corrected chi connectivity index (χ3v) is 6.16. The summed E-state index contributed by atoms with van der Waals surface area (Å²) in [6.07, 6.45) is 6.49. The van der Waals surface area contributed by atoms with E-state index in [1.54, 1.807) is 12.3 Å². The fourth-order valence-corrected chi connectivity index (χ4v) is 4.31. The lowest BCUT2D eigenvalue weighted by Crippen LogP contribution is -2.48. The fourth-order valence-electron chi connectivity index (χ4n) is 4.10. The molecule has 5 nitrogen and oxygen atoms in total. The summed E-state index contributed by atoms with van der Waals surface area (Å²) in [6.45, 7) is 5.58. The number of aromatic nitrogens is 1. The second kappa shape index (κ2) is 8.63. The summed E-state index contributed by atoms with van der Waals surface area (Å²) in [4.78, 5) is 14.6. The molecule has 27 heavy (non-hydrogen) atoms. The minimum Gasteiger partial charge on any atom is -0.489 e. The molecule has 1 aliphatic rings. The predicted molar refractivity (Wildman–Crippen MR) is 110 cm³/mol. The molecule has 2 aromatic rings. The molecule has 6 heteroatoms. The molecule has 0 aliphatic heterocycles.